The van der Waals surface area contributed by atoms with Crippen LogP contribution < -0.4 is 18.7 Å². The fourth-order valence-electron chi connectivity index (χ4n) is 3.20. The van der Waals surface area contributed by atoms with Gasteiger partial charge in [-0.15, -0.1) is 0 Å². The number of ether oxygens (including phenoxy) is 3. The van der Waals surface area contributed by atoms with E-state index in [2.05, 4.69) is 27.7 Å². The number of methoxy groups -OCH3 is 2. The van der Waals surface area contributed by atoms with Crippen LogP contribution in [0, 0.1) is 0 Å². The van der Waals surface area contributed by atoms with Crippen molar-refractivity contribution >= 4 is 29.3 Å². The summed E-state index contributed by atoms with van der Waals surface area (Å²) < 4.78 is 23.2. The second-order valence-corrected chi connectivity index (χ2v) is 10.5. The SMILES string of the molecule is CCOc1c(CC)cc(OC)cc1-c1cc(OC)cc(C(C)(C)C)c1OP(Cl)Cl. The molecular formula is C22H29Cl2O4P. The lowest BCUT2D eigenvalue weighted by molar-refractivity contribution is 0.336. The molecule has 0 aromatic heterocycles. The highest BCUT2D eigenvalue weighted by molar-refractivity contribution is 8.00. The minimum Gasteiger partial charge on any atom is -0.497 e. The van der Waals surface area contributed by atoms with E-state index in [1.54, 1.807) is 14.2 Å². The average molecular weight is 459 g/mol. The van der Waals surface area contributed by atoms with Crippen LogP contribution in [0.5, 0.6) is 23.0 Å². The van der Waals surface area contributed by atoms with Crippen LogP contribution in [-0.4, -0.2) is 20.8 Å². The maximum absolute atomic E-state index is 6.11. The molecule has 0 heterocycles. The Labute approximate surface area is 184 Å². The van der Waals surface area contributed by atoms with E-state index in [0.717, 1.165) is 40.2 Å². The van der Waals surface area contributed by atoms with E-state index >= 15 is 0 Å². The first-order valence-corrected chi connectivity index (χ1v) is 12.6. The van der Waals surface area contributed by atoms with Crippen LogP contribution in [0.4, 0.5) is 0 Å². The molecule has 0 amide bonds. The number of aryl methyl sites for hydroxylation is 1. The van der Waals surface area contributed by atoms with Gasteiger partial charge in [-0.05, 0) is 71.1 Å². The fourth-order valence-corrected chi connectivity index (χ4v) is 3.95. The average Bonchev–Trinajstić information content (AvgIpc) is 2.67. The largest absolute Gasteiger partial charge is 0.497 e. The molecule has 0 radical (unpaired) electrons. The molecule has 160 valence electrons. The number of rotatable bonds is 8. The number of hydrogen-bond donors (Lipinski definition) is 0. The van der Waals surface area contributed by atoms with Crippen LogP contribution in [-0.2, 0) is 11.8 Å². The van der Waals surface area contributed by atoms with Crippen LogP contribution in [0.2, 0.25) is 0 Å². The van der Waals surface area contributed by atoms with Gasteiger partial charge in [0.1, 0.15) is 23.0 Å². The van der Waals surface area contributed by atoms with Gasteiger partial charge in [0.15, 0.2) is 0 Å². The summed E-state index contributed by atoms with van der Waals surface area (Å²) in [5.41, 5.74) is 3.43. The first-order valence-electron chi connectivity index (χ1n) is 9.52. The third kappa shape index (κ3) is 5.63. The van der Waals surface area contributed by atoms with E-state index in [4.69, 9.17) is 41.2 Å². The normalized spacial score (nSPS) is 11.5. The Morgan fingerprint density at radius 1 is 0.862 bits per heavy atom. The van der Waals surface area contributed by atoms with Gasteiger partial charge >= 0.3 is 0 Å². The Bertz CT molecular complexity index is 848. The minimum absolute atomic E-state index is 0.226. The zero-order valence-corrected chi connectivity index (χ0v) is 20.5. The molecule has 2 aromatic carbocycles. The Hall–Kier alpha value is -1.35. The first-order chi connectivity index (χ1) is 13.7. The summed E-state index contributed by atoms with van der Waals surface area (Å²) in [7, 11) is 3.30. The zero-order chi connectivity index (χ0) is 21.8. The van der Waals surface area contributed by atoms with Gasteiger partial charge in [0.05, 0.1) is 20.8 Å². The molecule has 0 N–H and O–H groups in total. The van der Waals surface area contributed by atoms with Crippen LogP contribution >= 0.6 is 29.3 Å². The monoisotopic (exact) mass is 458 g/mol. The second kappa shape index (κ2) is 10.1. The second-order valence-electron chi connectivity index (χ2n) is 7.54. The molecule has 0 fully saturated rings. The molecule has 0 saturated carbocycles. The van der Waals surface area contributed by atoms with Crippen LogP contribution in [0.1, 0.15) is 45.7 Å². The lowest BCUT2D eigenvalue weighted by Gasteiger charge is -2.27. The molecule has 7 heteroatoms. The number of benzene rings is 2. The minimum atomic E-state index is -1.67. The molecule has 0 spiro atoms. The molecule has 2 rings (SSSR count). The Morgan fingerprint density at radius 3 is 1.86 bits per heavy atom. The van der Waals surface area contributed by atoms with Gasteiger partial charge in [0.25, 0.3) is 6.85 Å². The lowest BCUT2D eigenvalue weighted by Crippen LogP contribution is -2.13. The van der Waals surface area contributed by atoms with Crippen molar-refractivity contribution in [2.24, 2.45) is 0 Å². The highest BCUT2D eigenvalue weighted by Gasteiger charge is 2.27. The van der Waals surface area contributed by atoms with Crippen molar-refractivity contribution in [2.45, 2.75) is 46.5 Å². The van der Waals surface area contributed by atoms with E-state index in [1.165, 1.54) is 0 Å². The molecule has 0 bridgehead atoms. The predicted octanol–water partition coefficient (Wildman–Crippen LogP) is 7.71. The van der Waals surface area contributed by atoms with Gasteiger partial charge in [-0.1, -0.05) is 27.7 Å². The van der Waals surface area contributed by atoms with Crippen molar-refractivity contribution in [1.82, 2.24) is 0 Å². The molecule has 4 nitrogen and oxygen atoms in total. The summed E-state index contributed by atoms with van der Waals surface area (Å²) in [6, 6.07) is 7.83. The smallest absolute Gasteiger partial charge is 0.284 e. The highest BCUT2D eigenvalue weighted by atomic mass is 35.9. The molecule has 0 saturated heterocycles. The van der Waals surface area contributed by atoms with E-state index in [-0.39, 0.29) is 5.41 Å². The summed E-state index contributed by atoms with van der Waals surface area (Å²) in [5.74, 6) is 2.88. The molecule has 0 aliphatic carbocycles. The van der Waals surface area contributed by atoms with Crippen LogP contribution in [0.3, 0.4) is 0 Å². The van der Waals surface area contributed by atoms with Crippen molar-refractivity contribution in [3.8, 4) is 34.1 Å². The van der Waals surface area contributed by atoms with Gasteiger partial charge in [-0.3, -0.25) is 0 Å². The fraction of sp³-hybridized carbons (Fsp3) is 0.455. The van der Waals surface area contributed by atoms with Crippen molar-refractivity contribution < 1.29 is 18.7 Å². The summed E-state index contributed by atoms with van der Waals surface area (Å²) in [5, 5.41) is 0. The molecule has 0 atom stereocenters. The third-order valence-electron chi connectivity index (χ3n) is 4.60. The van der Waals surface area contributed by atoms with Crippen molar-refractivity contribution in [3.63, 3.8) is 0 Å². The standard InChI is InChI=1S/C22H29Cl2O4P/c1-8-14-10-15(25-6)11-17(20(14)27-9-2)18-12-16(26-7)13-19(22(3,4)5)21(18)28-29(23)24/h10-13H,8-9H2,1-7H3. The number of hydrogen-bond acceptors (Lipinski definition) is 4. The molecule has 0 aliphatic heterocycles. The Balaban J connectivity index is 2.95. The Morgan fingerprint density at radius 2 is 1.41 bits per heavy atom. The van der Waals surface area contributed by atoms with E-state index in [9.17, 15) is 0 Å². The Kier molecular flexibility index (Phi) is 8.34. The quantitative estimate of drug-likeness (QED) is 0.379. The first kappa shape index (κ1) is 23.9. The van der Waals surface area contributed by atoms with Crippen LogP contribution in [0.15, 0.2) is 24.3 Å². The molecule has 0 aliphatic rings. The third-order valence-corrected chi connectivity index (χ3v) is 5.34. The topological polar surface area (TPSA) is 36.9 Å². The van der Waals surface area contributed by atoms with E-state index in [0.29, 0.717) is 18.1 Å². The van der Waals surface area contributed by atoms with Gasteiger partial charge in [0, 0.05) is 16.7 Å². The van der Waals surface area contributed by atoms with Crippen molar-refractivity contribution in [3.05, 3.63) is 35.4 Å². The zero-order valence-electron chi connectivity index (χ0n) is 18.1. The summed E-state index contributed by atoms with van der Waals surface area (Å²) in [6.45, 7) is 9.24. The lowest BCUT2D eigenvalue weighted by atomic mass is 9.83. The van der Waals surface area contributed by atoms with Gasteiger partial charge < -0.3 is 18.7 Å². The van der Waals surface area contributed by atoms with E-state index < -0.39 is 6.85 Å². The van der Waals surface area contributed by atoms with Crippen molar-refractivity contribution in [1.29, 1.82) is 0 Å². The van der Waals surface area contributed by atoms with Gasteiger partial charge in [0.2, 0.25) is 0 Å². The summed E-state index contributed by atoms with van der Waals surface area (Å²) >= 11 is 12.2. The van der Waals surface area contributed by atoms with E-state index in [1.807, 2.05) is 31.2 Å². The van der Waals surface area contributed by atoms with Gasteiger partial charge in [-0.25, -0.2) is 0 Å². The molecule has 0 unspecified atom stereocenters. The molecule has 2 aromatic rings. The number of halogens is 2. The van der Waals surface area contributed by atoms with Crippen molar-refractivity contribution in [2.75, 3.05) is 20.8 Å². The van der Waals surface area contributed by atoms with Gasteiger partial charge in [-0.2, -0.15) is 0 Å². The summed E-state index contributed by atoms with van der Waals surface area (Å²) in [4.78, 5) is 0. The maximum Gasteiger partial charge on any atom is 0.284 e. The highest BCUT2D eigenvalue weighted by Crippen LogP contribution is 2.55. The van der Waals surface area contributed by atoms with Crippen LogP contribution in [0.25, 0.3) is 11.1 Å². The predicted molar refractivity (Wildman–Crippen MR) is 123 cm³/mol. The molecular weight excluding hydrogens is 430 g/mol. The molecule has 29 heavy (non-hydrogen) atoms. The summed E-state index contributed by atoms with van der Waals surface area (Å²) in [6.07, 6.45) is 0.795. The maximum atomic E-state index is 6.11.